The van der Waals surface area contributed by atoms with Crippen molar-refractivity contribution in [2.45, 2.75) is 18.9 Å². The summed E-state index contributed by atoms with van der Waals surface area (Å²) in [5, 5.41) is 9.79. The molecule has 0 aliphatic carbocycles. The standard InChI is InChI=1S/C17H19ClN2O4/c1-20(14-8-19-4-2-10(14)3-5-19)13-7-11(18)6-12(17(22)23)16(13)24-9-15(20)21/h6-7,10,14H,2-5,8-9H2,1H3/p+1. The Hall–Kier alpha value is -1.63. The fourth-order valence-electron chi connectivity index (χ4n) is 4.52. The fraction of sp³-hybridized carbons (Fsp3) is 0.529. The second kappa shape index (κ2) is 5.44. The van der Waals surface area contributed by atoms with Crippen LogP contribution in [0.25, 0.3) is 0 Å². The number of rotatable bonds is 2. The number of likely N-dealkylation sites (N-methyl/N-ethyl adjacent to an activating group) is 1. The molecule has 2 bridgehead atoms. The average molecular weight is 352 g/mol. The van der Waals surface area contributed by atoms with E-state index in [2.05, 4.69) is 4.90 Å². The molecule has 24 heavy (non-hydrogen) atoms. The minimum atomic E-state index is -1.09. The van der Waals surface area contributed by atoms with Crippen molar-refractivity contribution in [2.24, 2.45) is 5.92 Å². The number of aromatic carboxylic acids is 1. The number of halogens is 1. The van der Waals surface area contributed by atoms with Crippen molar-refractivity contribution in [3.63, 3.8) is 0 Å². The Labute approximate surface area is 145 Å². The van der Waals surface area contributed by atoms with E-state index in [1.165, 1.54) is 6.07 Å². The predicted octanol–water partition coefficient (Wildman–Crippen LogP) is 1.99. The molecular formula is C17H20ClN2O4+. The first-order valence-corrected chi connectivity index (χ1v) is 8.61. The van der Waals surface area contributed by atoms with Crippen LogP contribution in [0.3, 0.4) is 0 Å². The van der Waals surface area contributed by atoms with Crippen LogP contribution in [0.2, 0.25) is 5.02 Å². The molecule has 3 fully saturated rings. The van der Waals surface area contributed by atoms with Gasteiger partial charge < -0.3 is 9.84 Å². The highest BCUT2D eigenvalue weighted by atomic mass is 35.5. The quantitative estimate of drug-likeness (QED) is 0.825. The van der Waals surface area contributed by atoms with Crippen LogP contribution in [0.1, 0.15) is 23.2 Å². The summed E-state index contributed by atoms with van der Waals surface area (Å²) in [5.74, 6) is -0.393. The zero-order valence-corrected chi connectivity index (χ0v) is 14.3. The van der Waals surface area contributed by atoms with E-state index in [1.807, 2.05) is 7.05 Å². The Morgan fingerprint density at radius 3 is 2.67 bits per heavy atom. The summed E-state index contributed by atoms with van der Waals surface area (Å²) in [6.07, 6.45) is 2.16. The van der Waals surface area contributed by atoms with Gasteiger partial charge in [0.15, 0.2) is 11.4 Å². The molecule has 6 nitrogen and oxygen atoms in total. The van der Waals surface area contributed by atoms with Crippen molar-refractivity contribution in [1.29, 1.82) is 0 Å². The summed E-state index contributed by atoms with van der Waals surface area (Å²) in [4.78, 5) is 26.9. The molecule has 0 radical (unpaired) electrons. The van der Waals surface area contributed by atoms with Crippen molar-refractivity contribution in [1.82, 2.24) is 9.38 Å². The number of carbonyl (C=O) groups excluding carboxylic acids is 1. The molecular weight excluding hydrogens is 332 g/mol. The minimum absolute atomic E-state index is 0.0237. The van der Waals surface area contributed by atoms with Gasteiger partial charge in [-0.3, -0.25) is 4.90 Å². The van der Waals surface area contributed by atoms with Crippen molar-refractivity contribution >= 4 is 29.2 Å². The number of nitrogens with zero attached hydrogens (tertiary/aromatic N) is 2. The third kappa shape index (κ3) is 2.17. The van der Waals surface area contributed by atoms with E-state index in [0.717, 1.165) is 32.5 Å². The molecule has 128 valence electrons. The van der Waals surface area contributed by atoms with Gasteiger partial charge in [0.25, 0.3) is 0 Å². The summed E-state index contributed by atoms with van der Waals surface area (Å²) in [7, 11) is 1.89. The van der Waals surface area contributed by atoms with Crippen LogP contribution >= 0.6 is 11.6 Å². The maximum absolute atomic E-state index is 12.9. The number of carbonyl (C=O) groups is 2. The molecule has 0 aromatic heterocycles. The molecule has 4 aliphatic heterocycles. The summed E-state index contributed by atoms with van der Waals surface area (Å²) in [6, 6.07) is 3.19. The number of benzene rings is 1. The summed E-state index contributed by atoms with van der Waals surface area (Å²) in [6.45, 7) is 2.90. The molecule has 3 saturated heterocycles. The van der Waals surface area contributed by atoms with E-state index < -0.39 is 5.97 Å². The number of quaternary nitrogens is 1. The highest BCUT2D eigenvalue weighted by Gasteiger charge is 2.54. The molecule has 2 atom stereocenters. The van der Waals surface area contributed by atoms with Crippen LogP contribution in [-0.4, -0.2) is 61.2 Å². The second-order valence-corrected chi connectivity index (χ2v) is 7.51. The molecule has 1 aromatic rings. The molecule has 1 N–H and O–H groups in total. The van der Waals surface area contributed by atoms with Gasteiger partial charge in [-0.05, 0) is 32.0 Å². The number of ether oxygens (including phenoxy) is 1. The number of carboxylic acids is 1. The Balaban J connectivity index is 1.88. The monoisotopic (exact) mass is 351 g/mol. The Kier molecular flexibility index (Phi) is 3.60. The lowest BCUT2D eigenvalue weighted by Crippen LogP contribution is -2.70. The molecule has 4 heterocycles. The Bertz CT molecular complexity index is 730. The van der Waals surface area contributed by atoms with E-state index in [0.29, 0.717) is 16.6 Å². The molecule has 5 rings (SSSR count). The first-order valence-electron chi connectivity index (χ1n) is 8.23. The lowest BCUT2D eigenvalue weighted by molar-refractivity contribution is -0.139. The van der Waals surface area contributed by atoms with Crippen molar-refractivity contribution < 1.29 is 19.4 Å². The van der Waals surface area contributed by atoms with E-state index in [1.54, 1.807) is 6.07 Å². The third-order valence-corrected chi connectivity index (χ3v) is 6.13. The topological polar surface area (TPSA) is 66.8 Å². The smallest absolute Gasteiger partial charge is 0.356 e. The Morgan fingerprint density at radius 1 is 1.38 bits per heavy atom. The van der Waals surface area contributed by atoms with E-state index in [4.69, 9.17) is 16.3 Å². The van der Waals surface area contributed by atoms with Gasteiger partial charge in [0.05, 0.1) is 13.6 Å². The first-order chi connectivity index (χ1) is 11.4. The van der Waals surface area contributed by atoms with Crippen LogP contribution in [-0.2, 0) is 4.79 Å². The SMILES string of the molecule is C[N+]1(C2CN3CCC2CC3)C(=O)COc2c(C(=O)O)cc(Cl)cc21. The lowest BCUT2D eigenvalue weighted by atomic mass is 9.81. The fourth-order valence-corrected chi connectivity index (χ4v) is 4.73. The summed E-state index contributed by atoms with van der Waals surface area (Å²) < 4.78 is 5.61. The number of amides is 1. The van der Waals surface area contributed by atoms with E-state index >= 15 is 0 Å². The second-order valence-electron chi connectivity index (χ2n) is 7.07. The van der Waals surface area contributed by atoms with Gasteiger partial charge in [-0.2, -0.15) is 0 Å². The van der Waals surface area contributed by atoms with Gasteiger partial charge in [-0.25, -0.2) is 14.1 Å². The third-order valence-electron chi connectivity index (χ3n) is 5.91. The first kappa shape index (κ1) is 15.9. The number of piperidine rings is 3. The van der Waals surface area contributed by atoms with Crippen LogP contribution < -0.4 is 9.22 Å². The molecule has 0 spiro atoms. The van der Waals surface area contributed by atoms with Crippen LogP contribution in [0.5, 0.6) is 5.75 Å². The molecule has 1 aromatic carbocycles. The number of hydrogen-bond donors (Lipinski definition) is 1. The van der Waals surface area contributed by atoms with Crippen LogP contribution in [0.15, 0.2) is 12.1 Å². The highest BCUT2D eigenvalue weighted by molar-refractivity contribution is 6.31. The van der Waals surface area contributed by atoms with Crippen LogP contribution in [0.4, 0.5) is 5.69 Å². The molecule has 4 aliphatic rings. The van der Waals surface area contributed by atoms with Crippen molar-refractivity contribution in [3.8, 4) is 5.75 Å². The number of hydrogen-bond acceptors (Lipinski definition) is 4. The lowest BCUT2D eigenvalue weighted by Gasteiger charge is -2.52. The van der Waals surface area contributed by atoms with E-state index in [9.17, 15) is 14.7 Å². The zero-order valence-electron chi connectivity index (χ0n) is 13.5. The number of carboxylic acid groups (broad SMARTS) is 1. The number of fused-ring (bicyclic) bond motifs is 4. The van der Waals surface area contributed by atoms with Crippen molar-refractivity contribution in [3.05, 3.63) is 22.7 Å². The minimum Gasteiger partial charge on any atom is -0.478 e. The predicted molar refractivity (Wildman–Crippen MR) is 89.6 cm³/mol. The summed E-state index contributed by atoms with van der Waals surface area (Å²) in [5.41, 5.74) is 0.602. The molecule has 1 amide bonds. The Morgan fingerprint density at radius 2 is 2.08 bits per heavy atom. The van der Waals surface area contributed by atoms with Crippen LogP contribution in [0, 0.1) is 5.92 Å². The maximum Gasteiger partial charge on any atom is 0.356 e. The van der Waals surface area contributed by atoms with Gasteiger partial charge in [-0.15, -0.1) is 0 Å². The van der Waals surface area contributed by atoms with Crippen molar-refractivity contribution in [2.75, 3.05) is 33.3 Å². The molecule has 0 saturated carbocycles. The largest absolute Gasteiger partial charge is 0.478 e. The zero-order chi connectivity index (χ0) is 17.1. The normalized spacial score (nSPS) is 34.6. The maximum atomic E-state index is 12.9. The molecule has 7 heteroatoms. The summed E-state index contributed by atoms with van der Waals surface area (Å²) >= 11 is 6.17. The van der Waals surface area contributed by atoms with E-state index in [-0.39, 0.29) is 34.4 Å². The van der Waals surface area contributed by atoms with Gasteiger partial charge >= 0.3 is 11.9 Å². The van der Waals surface area contributed by atoms with Gasteiger partial charge in [0, 0.05) is 17.0 Å². The molecule has 2 unspecified atom stereocenters. The average Bonchev–Trinajstić information content (AvgIpc) is 2.59. The van der Waals surface area contributed by atoms with Gasteiger partial charge in [-0.1, -0.05) is 11.6 Å². The van der Waals surface area contributed by atoms with Gasteiger partial charge in [0.1, 0.15) is 11.6 Å². The van der Waals surface area contributed by atoms with Gasteiger partial charge in [0.2, 0.25) is 6.61 Å². The highest BCUT2D eigenvalue weighted by Crippen LogP contribution is 2.46.